The van der Waals surface area contributed by atoms with Crippen molar-refractivity contribution in [2.24, 2.45) is 11.8 Å². The standard InChI is InChI=1S/C16H17FN2O2/c1-10-7-19(9-13(10)16(20)21)8-11-4-5-14(17)12-3-2-6-18-15(11)12/h2-6,10,13H,7-9H2,1H3,(H,20,21). The molecule has 0 amide bonds. The van der Waals surface area contributed by atoms with Crippen molar-refractivity contribution in [1.82, 2.24) is 9.88 Å². The van der Waals surface area contributed by atoms with E-state index in [0.717, 1.165) is 12.1 Å². The Morgan fingerprint density at radius 3 is 2.95 bits per heavy atom. The van der Waals surface area contributed by atoms with Gasteiger partial charge in [0.1, 0.15) is 5.82 Å². The number of aromatic nitrogens is 1. The number of hydrogen-bond donors (Lipinski definition) is 1. The number of carboxylic acids is 1. The summed E-state index contributed by atoms with van der Waals surface area (Å²) >= 11 is 0. The van der Waals surface area contributed by atoms with E-state index >= 15 is 0 Å². The number of benzene rings is 1. The predicted molar refractivity (Wildman–Crippen MR) is 77.3 cm³/mol. The van der Waals surface area contributed by atoms with E-state index in [1.807, 2.05) is 6.92 Å². The first-order chi connectivity index (χ1) is 10.1. The molecule has 3 rings (SSSR count). The Morgan fingerprint density at radius 1 is 1.43 bits per heavy atom. The van der Waals surface area contributed by atoms with E-state index in [9.17, 15) is 14.3 Å². The zero-order valence-corrected chi connectivity index (χ0v) is 11.8. The van der Waals surface area contributed by atoms with E-state index < -0.39 is 5.97 Å². The van der Waals surface area contributed by atoms with Gasteiger partial charge in [-0.05, 0) is 29.7 Å². The number of aliphatic carboxylic acids is 1. The first-order valence-corrected chi connectivity index (χ1v) is 7.03. The number of pyridine rings is 1. The van der Waals surface area contributed by atoms with Gasteiger partial charge in [0.25, 0.3) is 0 Å². The molecule has 1 fully saturated rings. The Balaban J connectivity index is 1.87. The Labute approximate surface area is 122 Å². The van der Waals surface area contributed by atoms with Gasteiger partial charge >= 0.3 is 5.97 Å². The van der Waals surface area contributed by atoms with E-state index in [4.69, 9.17) is 0 Å². The molecule has 1 aromatic heterocycles. The van der Waals surface area contributed by atoms with Crippen molar-refractivity contribution >= 4 is 16.9 Å². The largest absolute Gasteiger partial charge is 0.481 e. The van der Waals surface area contributed by atoms with Crippen molar-refractivity contribution in [3.8, 4) is 0 Å². The lowest BCUT2D eigenvalue weighted by Gasteiger charge is -2.16. The third-order valence-electron chi connectivity index (χ3n) is 4.20. The average molecular weight is 288 g/mol. The number of carboxylic acid groups (broad SMARTS) is 1. The maximum Gasteiger partial charge on any atom is 0.308 e. The molecule has 2 atom stereocenters. The number of hydrogen-bond acceptors (Lipinski definition) is 3. The molecule has 1 aliphatic heterocycles. The van der Waals surface area contributed by atoms with Crippen molar-refractivity contribution in [2.45, 2.75) is 13.5 Å². The van der Waals surface area contributed by atoms with Crippen LogP contribution in [0.25, 0.3) is 10.9 Å². The van der Waals surface area contributed by atoms with Crippen LogP contribution in [-0.2, 0) is 11.3 Å². The lowest BCUT2D eigenvalue weighted by Crippen LogP contribution is -2.23. The summed E-state index contributed by atoms with van der Waals surface area (Å²) in [5, 5.41) is 9.70. The second kappa shape index (κ2) is 5.41. The van der Waals surface area contributed by atoms with Crippen LogP contribution in [0.1, 0.15) is 12.5 Å². The van der Waals surface area contributed by atoms with E-state index in [0.29, 0.717) is 24.0 Å². The summed E-state index contributed by atoms with van der Waals surface area (Å²) in [6, 6.07) is 6.62. The van der Waals surface area contributed by atoms with Gasteiger partial charge in [0.2, 0.25) is 0 Å². The molecule has 1 aromatic carbocycles. The molecule has 2 heterocycles. The van der Waals surface area contributed by atoms with E-state index in [-0.39, 0.29) is 17.7 Å². The first-order valence-electron chi connectivity index (χ1n) is 7.03. The number of nitrogens with zero attached hydrogens (tertiary/aromatic N) is 2. The summed E-state index contributed by atoms with van der Waals surface area (Å²) in [6.45, 7) is 3.83. The van der Waals surface area contributed by atoms with Crippen molar-refractivity contribution in [2.75, 3.05) is 13.1 Å². The maximum absolute atomic E-state index is 13.8. The fraction of sp³-hybridized carbons (Fsp3) is 0.375. The molecule has 4 nitrogen and oxygen atoms in total. The normalized spacial score (nSPS) is 22.8. The molecule has 0 spiro atoms. The summed E-state index contributed by atoms with van der Waals surface area (Å²) in [5.74, 6) is -1.22. The predicted octanol–water partition coefficient (Wildman–Crippen LogP) is 2.53. The maximum atomic E-state index is 13.8. The van der Waals surface area contributed by atoms with Crippen LogP contribution in [-0.4, -0.2) is 34.0 Å². The number of rotatable bonds is 3. The van der Waals surface area contributed by atoms with E-state index in [1.165, 1.54) is 6.07 Å². The average Bonchev–Trinajstić information content (AvgIpc) is 2.83. The highest BCUT2D eigenvalue weighted by atomic mass is 19.1. The van der Waals surface area contributed by atoms with Crippen LogP contribution in [0.15, 0.2) is 30.5 Å². The molecular weight excluding hydrogens is 271 g/mol. The fourth-order valence-electron chi connectivity index (χ4n) is 3.08. The fourth-order valence-corrected chi connectivity index (χ4v) is 3.08. The Hall–Kier alpha value is -2.01. The molecule has 0 saturated carbocycles. The van der Waals surface area contributed by atoms with Crippen LogP contribution in [0, 0.1) is 17.7 Å². The topological polar surface area (TPSA) is 53.4 Å². The number of likely N-dealkylation sites (tertiary alicyclic amines) is 1. The molecule has 0 aliphatic carbocycles. The summed E-state index contributed by atoms with van der Waals surface area (Å²) < 4.78 is 13.8. The van der Waals surface area contributed by atoms with Crippen LogP contribution in [0.4, 0.5) is 4.39 Å². The monoisotopic (exact) mass is 288 g/mol. The van der Waals surface area contributed by atoms with Crippen molar-refractivity contribution in [3.05, 3.63) is 41.8 Å². The molecule has 1 N–H and O–H groups in total. The zero-order valence-electron chi connectivity index (χ0n) is 11.8. The van der Waals surface area contributed by atoms with Gasteiger partial charge in [0.15, 0.2) is 0 Å². The van der Waals surface area contributed by atoms with Crippen molar-refractivity contribution in [1.29, 1.82) is 0 Å². The Bertz CT molecular complexity index is 689. The van der Waals surface area contributed by atoms with Crippen molar-refractivity contribution in [3.63, 3.8) is 0 Å². The van der Waals surface area contributed by atoms with E-state index in [1.54, 1.807) is 24.4 Å². The van der Waals surface area contributed by atoms with E-state index in [2.05, 4.69) is 9.88 Å². The third kappa shape index (κ3) is 2.61. The Kier molecular flexibility index (Phi) is 3.59. The quantitative estimate of drug-likeness (QED) is 0.943. The number of carbonyl (C=O) groups is 1. The van der Waals surface area contributed by atoms with Crippen molar-refractivity contribution < 1.29 is 14.3 Å². The second-order valence-electron chi connectivity index (χ2n) is 5.72. The smallest absolute Gasteiger partial charge is 0.308 e. The summed E-state index contributed by atoms with van der Waals surface area (Å²) in [6.07, 6.45) is 1.65. The van der Waals surface area contributed by atoms with Gasteiger partial charge < -0.3 is 5.11 Å². The lowest BCUT2D eigenvalue weighted by atomic mass is 9.99. The summed E-state index contributed by atoms with van der Waals surface area (Å²) in [4.78, 5) is 17.6. The van der Waals surface area contributed by atoms with Crippen LogP contribution < -0.4 is 0 Å². The highest BCUT2D eigenvalue weighted by Crippen LogP contribution is 2.27. The lowest BCUT2D eigenvalue weighted by molar-refractivity contribution is -0.142. The molecule has 21 heavy (non-hydrogen) atoms. The van der Waals surface area contributed by atoms with Gasteiger partial charge in [0, 0.05) is 31.2 Å². The molecule has 0 bridgehead atoms. The molecule has 5 heteroatoms. The minimum Gasteiger partial charge on any atom is -0.481 e. The molecular formula is C16H17FN2O2. The molecule has 2 unspecified atom stereocenters. The Morgan fingerprint density at radius 2 is 2.24 bits per heavy atom. The minimum atomic E-state index is -0.743. The molecule has 2 aromatic rings. The van der Waals surface area contributed by atoms with Crippen LogP contribution >= 0.6 is 0 Å². The number of halogens is 1. The van der Waals surface area contributed by atoms with Gasteiger partial charge in [-0.3, -0.25) is 14.7 Å². The zero-order chi connectivity index (χ0) is 15.0. The van der Waals surface area contributed by atoms with Gasteiger partial charge in [-0.2, -0.15) is 0 Å². The summed E-state index contributed by atoms with van der Waals surface area (Å²) in [7, 11) is 0. The van der Waals surface area contributed by atoms with Gasteiger partial charge in [0.05, 0.1) is 11.4 Å². The van der Waals surface area contributed by atoms with Gasteiger partial charge in [-0.25, -0.2) is 4.39 Å². The molecule has 0 radical (unpaired) electrons. The summed E-state index contributed by atoms with van der Waals surface area (Å²) in [5.41, 5.74) is 1.59. The van der Waals surface area contributed by atoms with Crippen LogP contribution in [0.3, 0.4) is 0 Å². The van der Waals surface area contributed by atoms with Gasteiger partial charge in [-0.1, -0.05) is 13.0 Å². The van der Waals surface area contributed by atoms with Crippen LogP contribution in [0.5, 0.6) is 0 Å². The first kappa shape index (κ1) is 13.9. The van der Waals surface area contributed by atoms with Gasteiger partial charge in [-0.15, -0.1) is 0 Å². The SMILES string of the molecule is CC1CN(Cc2ccc(F)c3cccnc23)CC1C(=O)O. The third-order valence-corrected chi connectivity index (χ3v) is 4.20. The highest BCUT2D eigenvalue weighted by molar-refractivity contribution is 5.82. The number of fused-ring (bicyclic) bond motifs is 1. The van der Waals surface area contributed by atoms with Crippen LogP contribution in [0.2, 0.25) is 0 Å². The molecule has 1 aliphatic rings. The minimum absolute atomic E-state index is 0.127. The molecule has 110 valence electrons. The second-order valence-corrected chi connectivity index (χ2v) is 5.72. The molecule has 1 saturated heterocycles. The highest BCUT2D eigenvalue weighted by Gasteiger charge is 2.34.